The third kappa shape index (κ3) is 5.35. The van der Waals surface area contributed by atoms with Crippen LogP contribution in [0.1, 0.15) is 17.5 Å². The van der Waals surface area contributed by atoms with Gasteiger partial charge in [-0.05, 0) is 48.4 Å². The Hall–Kier alpha value is -1.86. The topological polar surface area (TPSA) is 65.2 Å². The van der Waals surface area contributed by atoms with Crippen molar-refractivity contribution in [2.45, 2.75) is 18.2 Å². The van der Waals surface area contributed by atoms with E-state index < -0.39 is 0 Å². The molecule has 122 valence electrons. The molecule has 0 aliphatic rings. The van der Waals surface area contributed by atoms with E-state index in [-0.39, 0.29) is 26.8 Å². The third-order valence-electron chi connectivity index (χ3n) is 3.19. The molecule has 6 heteroatoms. The molecule has 0 radical (unpaired) electrons. The van der Waals surface area contributed by atoms with Crippen LogP contribution in [0.5, 0.6) is 5.75 Å². The zero-order valence-corrected chi connectivity index (χ0v) is 16.8. The Morgan fingerprint density at radius 1 is 1.17 bits per heavy atom. The molecule has 0 fully saturated rings. The molecule has 2 aromatic rings. The standard InChI is InChI=1S/C18H16N2O2S.W/c1-3-4-5-6-14-7-12-17(21)18(13(14)2)20-19-15-8-10-16(23-22)11-9-15;/h1,5-12,21-22H,4H2,2H3;/b6-5-,20-19?;. The molecule has 0 saturated heterocycles. The number of azo groups is 1. The first-order valence-corrected chi connectivity index (χ1v) is 7.69. The summed E-state index contributed by atoms with van der Waals surface area (Å²) in [6.45, 7) is 1.87. The molecule has 2 N–H and O–H groups in total. The van der Waals surface area contributed by atoms with Gasteiger partial charge in [-0.2, -0.15) is 5.11 Å². The second kappa shape index (κ2) is 10.1. The van der Waals surface area contributed by atoms with Crippen molar-refractivity contribution >= 4 is 29.5 Å². The molecule has 0 bridgehead atoms. The van der Waals surface area contributed by atoms with Gasteiger partial charge in [-0.1, -0.05) is 18.2 Å². The molecular weight excluding hydrogens is 492 g/mol. The molecule has 0 spiro atoms. The summed E-state index contributed by atoms with van der Waals surface area (Å²) in [5.74, 6) is 2.61. The van der Waals surface area contributed by atoms with Gasteiger partial charge in [-0.15, -0.1) is 17.5 Å². The van der Waals surface area contributed by atoms with Crippen LogP contribution in [0.2, 0.25) is 0 Å². The van der Waals surface area contributed by atoms with Gasteiger partial charge in [-0.25, -0.2) is 0 Å². The van der Waals surface area contributed by atoms with Crippen LogP contribution in [-0.4, -0.2) is 9.66 Å². The van der Waals surface area contributed by atoms with Crippen LogP contribution in [0.4, 0.5) is 11.4 Å². The average Bonchev–Trinajstić information content (AvgIpc) is 2.57. The van der Waals surface area contributed by atoms with Crippen molar-refractivity contribution in [3.05, 3.63) is 53.6 Å². The SMILES string of the molecule is C#CC/C=C\c1ccc(O)c(N=Nc2ccc(SO)cc2)c1C.[W]. The minimum absolute atomic E-state index is 0. The Balaban J connectivity index is 0.00000288. The van der Waals surface area contributed by atoms with Gasteiger partial charge in [-0.3, -0.25) is 0 Å². The van der Waals surface area contributed by atoms with E-state index >= 15 is 0 Å². The van der Waals surface area contributed by atoms with Crippen LogP contribution in [-0.2, 0) is 21.1 Å². The Morgan fingerprint density at radius 3 is 2.50 bits per heavy atom. The molecule has 0 heterocycles. The summed E-state index contributed by atoms with van der Waals surface area (Å²) in [6, 6.07) is 10.4. The molecule has 0 aliphatic heterocycles. The van der Waals surface area contributed by atoms with E-state index in [0.717, 1.165) is 16.0 Å². The quantitative estimate of drug-likeness (QED) is 0.309. The Kier molecular flexibility index (Phi) is 8.49. The van der Waals surface area contributed by atoms with Gasteiger partial charge < -0.3 is 9.66 Å². The smallest absolute Gasteiger partial charge is 0.143 e. The maximum absolute atomic E-state index is 10.0. The number of terminal acetylenes is 1. The number of aromatic hydroxyl groups is 1. The predicted molar refractivity (Wildman–Crippen MR) is 94.4 cm³/mol. The summed E-state index contributed by atoms with van der Waals surface area (Å²) in [5, 5.41) is 18.3. The van der Waals surface area contributed by atoms with Gasteiger partial charge in [0, 0.05) is 44.4 Å². The summed E-state index contributed by atoms with van der Waals surface area (Å²) < 4.78 is 8.94. The molecule has 2 aromatic carbocycles. The van der Waals surface area contributed by atoms with Crippen LogP contribution >= 0.6 is 12.0 Å². The Bertz CT molecular complexity index is 781. The monoisotopic (exact) mass is 508 g/mol. The van der Waals surface area contributed by atoms with E-state index in [1.807, 2.05) is 25.1 Å². The molecule has 0 aromatic heterocycles. The maximum atomic E-state index is 10.0. The van der Waals surface area contributed by atoms with Gasteiger partial charge in [0.2, 0.25) is 0 Å². The van der Waals surface area contributed by atoms with E-state index in [0.29, 0.717) is 29.8 Å². The zero-order valence-electron chi connectivity index (χ0n) is 13.0. The van der Waals surface area contributed by atoms with Crippen molar-refractivity contribution in [2.75, 3.05) is 0 Å². The van der Waals surface area contributed by atoms with Crippen molar-refractivity contribution in [1.29, 1.82) is 0 Å². The Morgan fingerprint density at radius 2 is 1.88 bits per heavy atom. The predicted octanol–water partition coefficient (Wildman–Crippen LogP) is 5.72. The van der Waals surface area contributed by atoms with Crippen molar-refractivity contribution in [1.82, 2.24) is 0 Å². The van der Waals surface area contributed by atoms with Crippen LogP contribution in [0.3, 0.4) is 0 Å². The third-order valence-corrected chi connectivity index (χ3v) is 3.68. The molecular formula is C18H16N2O2SW. The van der Waals surface area contributed by atoms with Gasteiger partial charge in [0.25, 0.3) is 0 Å². The molecule has 0 amide bonds. The Labute approximate surface area is 160 Å². The van der Waals surface area contributed by atoms with Gasteiger partial charge >= 0.3 is 0 Å². The average molecular weight is 508 g/mol. The van der Waals surface area contributed by atoms with E-state index in [4.69, 9.17) is 11.0 Å². The van der Waals surface area contributed by atoms with E-state index in [2.05, 4.69) is 16.1 Å². The molecule has 2 rings (SSSR count). The molecule has 0 saturated carbocycles. The number of hydrogen-bond acceptors (Lipinski definition) is 5. The fraction of sp³-hybridized carbons (Fsp3) is 0.111. The van der Waals surface area contributed by atoms with E-state index in [1.165, 1.54) is 0 Å². The number of nitrogens with zero attached hydrogens (tertiary/aromatic N) is 2. The first-order chi connectivity index (χ1) is 11.2. The number of phenols is 1. The molecule has 0 aliphatic carbocycles. The summed E-state index contributed by atoms with van der Waals surface area (Å²) in [4.78, 5) is 0.726. The van der Waals surface area contributed by atoms with E-state index in [9.17, 15) is 5.11 Å². The van der Waals surface area contributed by atoms with Gasteiger partial charge in [0.05, 0.1) is 5.69 Å². The van der Waals surface area contributed by atoms with Gasteiger partial charge in [0.1, 0.15) is 11.4 Å². The second-order valence-corrected chi connectivity index (χ2v) is 5.40. The molecule has 0 atom stereocenters. The second-order valence-electron chi connectivity index (χ2n) is 4.74. The molecule has 0 unspecified atom stereocenters. The van der Waals surface area contributed by atoms with Crippen molar-refractivity contribution in [2.24, 2.45) is 10.2 Å². The summed E-state index contributed by atoms with van der Waals surface area (Å²) in [7, 11) is 0. The summed E-state index contributed by atoms with van der Waals surface area (Å²) >= 11 is 0.674. The number of allylic oxidation sites excluding steroid dienone is 1. The van der Waals surface area contributed by atoms with Crippen LogP contribution in [0.25, 0.3) is 6.08 Å². The fourth-order valence-electron chi connectivity index (χ4n) is 1.94. The van der Waals surface area contributed by atoms with Crippen molar-refractivity contribution in [3.63, 3.8) is 0 Å². The minimum Gasteiger partial charge on any atom is -0.506 e. The normalized spacial score (nSPS) is 10.7. The number of hydrogen-bond donors (Lipinski definition) is 2. The summed E-state index contributed by atoms with van der Waals surface area (Å²) in [5.41, 5.74) is 2.81. The van der Waals surface area contributed by atoms with Gasteiger partial charge in [0.15, 0.2) is 0 Å². The summed E-state index contributed by atoms with van der Waals surface area (Å²) in [6.07, 6.45) is 9.56. The largest absolute Gasteiger partial charge is 0.506 e. The van der Waals surface area contributed by atoms with E-state index in [1.54, 1.807) is 30.3 Å². The number of rotatable bonds is 5. The molecule has 24 heavy (non-hydrogen) atoms. The van der Waals surface area contributed by atoms with Crippen molar-refractivity contribution < 1.29 is 30.7 Å². The minimum atomic E-state index is 0. The van der Waals surface area contributed by atoms with Crippen LogP contribution in [0.15, 0.2) is 57.6 Å². The number of benzene rings is 2. The maximum Gasteiger partial charge on any atom is 0.143 e. The molecule has 4 nitrogen and oxygen atoms in total. The first kappa shape index (κ1) is 20.2. The zero-order chi connectivity index (χ0) is 16.7. The first-order valence-electron chi connectivity index (χ1n) is 6.91. The van der Waals surface area contributed by atoms with Crippen LogP contribution < -0.4 is 0 Å². The number of phenolic OH excluding ortho intramolecular Hbond substituents is 1. The van der Waals surface area contributed by atoms with Crippen molar-refractivity contribution in [3.8, 4) is 18.1 Å². The van der Waals surface area contributed by atoms with Crippen LogP contribution in [0, 0.1) is 19.3 Å². The fourth-order valence-corrected chi connectivity index (χ4v) is 2.20.